The van der Waals surface area contributed by atoms with Gasteiger partial charge in [0.2, 0.25) is 0 Å². The second kappa shape index (κ2) is 7.03. The molecule has 0 bridgehead atoms. The van der Waals surface area contributed by atoms with E-state index in [2.05, 4.69) is 4.90 Å². The molecule has 0 radical (unpaired) electrons. The van der Waals surface area contributed by atoms with E-state index in [0.717, 1.165) is 13.1 Å². The summed E-state index contributed by atoms with van der Waals surface area (Å²) in [6, 6.07) is 6.09. The molecule has 0 saturated carbocycles. The van der Waals surface area contributed by atoms with Crippen LogP contribution in [0.4, 0.5) is 5.69 Å². The highest BCUT2D eigenvalue weighted by atomic mass is 16.6. The smallest absolute Gasteiger partial charge is 0.306 e. The predicted molar refractivity (Wildman–Crippen MR) is 75.4 cm³/mol. The number of hydrogen-bond acceptors (Lipinski definition) is 5. The number of nitro groups is 1. The van der Waals surface area contributed by atoms with E-state index in [1.807, 2.05) is 0 Å². The number of carboxylic acids is 1. The average molecular weight is 294 g/mol. The fourth-order valence-electron chi connectivity index (χ4n) is 2.38. The van der Waals surface area contributed by atoms with Gasteiger partial charge >= 0.3 is 5.97 Å². The van der Waals surface area contributed by atoms with Gasteiger partial charge in [-0.1, -0.05) is 6.07 Å². The van der Waals surface area contributed by atoms with Gasteiger partial charge in [0, 0.05) is 12.6 Å². The minimum Gasteiger partial charge on any atom is -0.492 e. The van der Waals surface area contributed by atoms with Crippen LogP contribution < -0.4 is 4.74 Å². The second-order valence-corrected chi connectivity index (χ2v) is 5.06. The maximum atomic E-state index is 10.8. The Balaban J connectivity index is 1.74. The van der Waals surface area contributed by atoms with E-state index in [9.17, 15) is 14.9 Å². The standard InChI is InChI=1S/C14H18N2O5/c17-14(18)11-4-6-15(7-5-11)8-9-21-13-3-1-2-12(10-13)16(19)20/h1-3,10-11H,4-9H2,(H,17,18). The molecule has 7 heteroatoms. The molecule has 1 saturated heterocycles. The molecule has 1 aromatic carbocycles. The lowest BCUT2D eigenvalue weighted by Crippen LogP contribution is -2.38. The highest BCUT2D eigenvalue weighted by Gasteiger charge is 2.24. The molecule has 0 aromatic heterocycles. The first-order valence-corrected chi connectivity index (χ1v) is 6.88. The molecule has 0 amide bonds. The summed E-state index contributed by atoms with van der Waals surface area (Å²) in [5.41, 5.74) is 0.00905. The third-order valence-electron chi connectivity index (χ3n) is 3.64. The topological polar surface area (TPSA) is 92.9 Å². The van der Waals surface area contributed by atoms with Crippen molar-refractivity contribution in [2.45, 2.75) is 12.8 Å². The second-order valence-electron chi connectivity index (χ2n) is 5.06. The zero-order valence-corrected chi connectivity index (χ0v) is 11.6. The SMILES string of the molecule is O=C(O)C1CCN(CCOc2cccc([N+](=O)[O-])c2)CC1. The van der Waals surface area contributed by atoms with E-state index < -0.39 is 10.9 Å². The summed E-state index contributed by atoms with van der Waals surface area (Å²) in [7, 11) is 0. The summed E-state index contributed by atoms with van der Waals surface area (Å²) < 4.78 is 5.51. The Kier molecular flexibility index (Phi) is 5.10. The van der Waals surface area contributed by atoms with Crippen LogP contribution in [0.1, 0.15) is 12.8 Å². The summed E-state index contributed by atoms with van der Waals surface area (Å²) in [5, 5.41) is 19.6. The number of non-ortho nitro benzene ring substituents is 1. The molecule has 2 rings (SSSR count). The molecule has 1 aliphatic heterocycles. The molecular weight excluding hydrogens is 276 g/mol. The highest BCUT2D eigenvalue weighted by Crippen LogP contribution is 2.20. The predicted octanol–water partition coefficient (Wildman–Crippen LogP) is 1.77. The molecule has 0 aliphatic carbocycles. The Morgan fingerprint density at radius 2 is 2.14 bits per heavy atom. The molecule has 1 aromatic rings. The Morgan fingerprint density at radius 1 is 1.43 bits per heavy atom. The van der Waals surface area contributed by atoms with Crippen LogP contribution in [0.2, 0.25) is 0 Å². The minimum absolute atomic E-state index is 0.00905. The number of ether oxygens (including phenoxy) is 1. The number of nitro benzene ring substituents is 1. The molecule has 0 unspecified atom stereocenters. The maximum absolute atomic E-state index is 10.8. The lowest BCUT2D eigenvalue weighted by Gasteiger charge is -2.29. The van der Waals surface area contributed by atoms with Crippen molar-refractivity contribution in [1.82, 2.24) is 4.90 Å². The minimum atomic E-state index is -0.720. The van der Waals surface area contributed by atoms with Crippen molar-refractivity contribution in [2.24, 2.45) is 5.92 Å². The number of hydrogen-bond donors (Lipinski definition) is 1. The molecule has 1 fully saturated rings. The number of likely N-dealkylation sites (tertiary alicyclic amines) is 1. The molecule has 7 nitrogen and oxygen atoms in total. The van der Waals surface area contributed by atoms with Crippen LogP contribution in [0, 0.1) is 16.0 Å². The largest absolute Gasteiger partial charge is 0.492 e. The van der Waals surface area contributed by atoms with E-state index in [4.69, 9.17) is 9.84 Å². The van der Waals surface area contributed by atoms with Crippen LogP contribution >= 0.6 is 0 Å². The van der Waals surface area contributed by atoms with E-state index in [-0.39, 0.29) is 11.6 Å². The quantitative estimate of drug-likeness (QED) is 0.635. The van der Waals surface area contributed by atoms with Gasteiger partial charge in [-0.15, -0.1) is 0 Å². The third kappa shape index (κ3) is 4.42. The normalized spacial score (nSPS) is 16.6. The van der Waals surface area contributed by atoms with Gasteiger partial charge in [-0.25, -0.2) is 0 Å². The third-order valence-corrected chi connectivity index (χ3v) is 3.64. The van der Waals surface area contributed by atoms with Crippen LogP contribution in [0.25, 0.3) is 0 Å². The lowest BCUT2D eigenvalue weighted by atomic mass is 9.97. The molecule has 0 spiro atoms. The van der Waals surface area contributed by atoms with Crippen molar-refractivity contribution in [2.75, 3.05) is 26.2 Å². The summed E-state index contributed by atoms with van der Waals surface area (Å²) in [5.74, 6) is -0.481. The van der Waals surface area contributed by atoms with Crippen molar-refractivity contribution in [1.29, 1.82) is 0 Å². The molecular formula is C14H18N2O5. The van der Waals surface area contributed by atoms with E-state index >= 15 is 0 Å². The Morgan fingerprint density at radius 3 is 2.76 bits per heavy atom. The average Bonchev–Trinajstić information content (AvgIpc) is 2.48. The van der Waals surface area contributed by atoms with E-state index in [1.165, 1.54) is 12.1 Å². The van der Waals surface area contributed by atoms with Gasteiger partial charge in [-0.3, -0.25) is 19.8 Å². The maximum Gasteiger partial charge on any atom is 0.306 e. The van der Waals surface area contributed by atoms with Gasteiger partial charge in [-0.2, -0.15) is 0 Å². The van der Waals surface area contributed by atoms with Crippen molar-refractivity contribution in [3.63, 3.8) is 0 Å². The fraction of sp³-hybridized carbons (Fsp3) is 0.500. The Labute approximate surface area is 122 Å². The molecule has 1 N–H and O–H groups in total. The number of nitrogens with zero attached hydrogens (tertiary/aromatic N) is 2. The van der Waals surface area contributed by atoms with Crippen LogP contribution in [0.5, 0.6) is 5.75 Å². The number of benzene rings is 1. The first-order chi connectivity index (χ1) is 10.1. The zero-order chi connectivity index (χ0) is 15.2. The summed E-state index contributed by atoms with van der Waals surface area (Å²) >= 11 is 0. The van der Waals surface area contributed by atoms with E-state index in [1.54, 1.807) is 12.1 Å². The van der Waals surface area contributed by atoms with Crippen LogP contribution in [-0.2, 0) is 4.79 Å². The molecule has 21 heavy (non-hydrogen) atoms. The van der Waals surface area contributed by atoms with Crippen LogP contribution in [0.15, 0.2) is 24.3 Å². The van der Waals surface area contributed by atoms with Gasteiger partial charge < -0.3 is 9.84 Å². The van der Waals surface area contributed by atoms with Gasteiger partial charge in [0.25, 0.3) is 5.69 Å². The van der Waals surface area contributed by atoms with Gasteiger partial charge in [0.15, 0.2) is 0 Å². The first kappa shape index (κ1) is 15.2. The zero-order valence-electron chi connectivity index (χ0n) is 11.6. The van der Waals surface area contributed by atoms with Crippen molar-refractivity contribution < 1.29 is 19.6 Å². The Hall–Kier alpha value is -2.15. The van der Waals surface area contributed by atoms with Crippen molar-refractivity contribution in [3.8, 4) is 5.75 Å². The summed E-state index contributed by atoms with van der Waals surface area (Å²) in [6.45, 7) is 2.61. The number of aliphatic carboxylic acids is 1. The van der Waals surface area contributed by atoms with Crippen LogP contribution in [-0.4, -0.2) is 47.1 Å². The van der Waals surface area contributed by atoms with Gasteiger partial charge in [0.05, 0.1) is 16.9 Å². The van der Waals surface area contributed by atoms with Gasteiger partial charge in [-0.05, 0) is 32.0 Å². The molecule has 1 heterocycles. The summed E-state index contributed by atoms with van der Waals surface area (Å²) in [4.78, 5) is 23.2. The fourth-order valence-corrected chi connectivity index (χ4v) is 2.38. The molecule has 0 atom stereocenters. The highest BCUT2D eigenvalue weighted by molar-refractivity contribution is 5.70. The number of piperidine rings is 1. The van der Waals surface area contributed by atoms with E-state index in [0.29, 0.717) is 31.7 Å². The number of carbonyl (C=O) groups is 1. The molecule has 114 valence electrons. The van der Waals surface area contributed by atoms with Gasteiger partial charge in [0.1, 0.15) is 12.4 Å². The number of carboxylic acid groups (broad SMARTS) is 1. The van der Waals surface area contributed by atoms with Crippen LogP contribution in [0.3, 0.4) is 0 Å². The monoisotopic (exact) mass is 294 g/mol. The van der Waals surface area contributed by atoms with Crippen molar-refractivity contribution >= 4 is 11.7 Å². The number of rotatable bonds is 6. The lowest BCUT2D eigenvalue weighted by molar-refractivity contribution is -0.384. The Bertz CT molecular complexity index is 512. The molecule has 1 aliphatic rings. The first-order valence-electron chi connectivity index (χ1n) is 6.88. The van der Waals surface area contributed by atoms with Crippen molar-refractivity contribution in [3.05, 3.63) is 34.4 Å². The summed E-state index contributed by atoms with van der Waals surface area (Å²) in [6.07, 6.45) is 1.32.